The predicted molar refractivity (Wildman–Crippen MR) is 79.5 cm³/mol. The van der Waals surface area contributed by atoms with Gasteiger partial charge in [-0.3, -0.25) is 4.18 Å². The minimum atomic E-state index is -4.48. The highest BCUT2D eigenvalue weighted by Gasteiger charge is 2.31. The molecule has 1 aromatic carbocycles. The van der Waals surface area contributed by atoms with Gasteiger partial charge in [0.1, 0.15) is 0 Å². The van der Waals surface area contributed by atoms with Crippen LogP contribution in [0.2, 0.25) is 0 Å². The molecule has 1 aromatic rings. The molecule has 0 unspecified atom stereocenters. The molecule has 0 heterocycles. The maximum absolute atomic E-state index is 12.4. The summed E-state index contributed by atoms with van der Waals surface area (Å²) in [5.74, 6) is 0. The van der Waals surface area contributed by atoms with E-state index in [2.05, 4.69) is 30.8 Å². The molecule has 22 heavy (non-hydrogen) atoms. The van der Waals surface area contributed by atoms with Crippen molar-refractivity contribution >= 4 is 45.8 Å². The summed E-state index contributed by atoms with van der Waals surface area (Å²) in [7, 11) is -2.37. The Morgan fingerprint density at radius 1 is 1.14 bits per heavy atom. The van der Waals surface area contributed by atoms with E-state index >= 15 is 0 Å². The first kappa shape index (κ1) is 21.6. The molecule has 0 saturated heterocycles. The molecule has 0 aliphatic carbocycles. The van der Waals surface area contributed by atoms with E-state index < -0.39 is 37.5 Å². The van der Waals surface area contributed by atoms with E-state index in [1.54, 1.807) is 0 Å². The third-order valence-electron chi connectivity index (χ3n) is 1.72. The lowest BCUT2D eigenvalue weighted by Gasteiger charge is -2.09. The Labute approximate surface area is 139 Å². The van der Waals surface area contributed by atoms with Crippen molar-refractivity contribution < 1.29 is 34.2 Å². The Morgan fingerprint density at radius 3 is 1.95 bits per heavy atom. The average molecular weight is 448 g/mol. The molecule has 0 bridgehead atoms. The smallest absolute Gasteiger partial charge is 0.265 e. The van der Waals surface area contributed by atoms with E-state index in [4.69, 9.17) is 0 Å². The lowest BCUT2D eigenvalue weighted by molar-refractivity contribution is -0.137. The van der Waals surface area contributed by atoms with Crippen LogP contribution in [-0.4, -0.2) is 29.3 Å². The molecule has 0 saturated carbocycles. The summed E-state index contributed by atoms with van der Waals surface area (Å²) in [5, 5.41) is 0. The fraction of sp³-hybridized carbons (Fsp3) is 0.400. The van der Waals surface area contributed by atoms with Gasteiger partial charge in [-0.1, -0.05) is 15.9 Å². The summed E-state index contributed by atoms with van der Waals surface area (Å²) >= 11 is 2.92. The molecule has 128 valence electrons. The van der Waals surface area contributed by atoms with E-state index in [0.717, 1.165) is 24.6 Å². The molecule has 1 rings (SSSR count). The molecule has 0 amide bonds. The van der Waals surface area contributed by atoms with Crippen LogP contribution in [-0.2, 0) is 36.1 Å². The van der Waals surface area contributed by atoms with Crippen LogP contribution in [0.3, 0.4) is 0 Å². The van der Waals surface area contributed by atoms with Gasteiger partial charge in [-0.05, 0) is 23.8 Å². The van der Waals surface area contributed by atoms with Crippen LogP contribution in [0.1, 0.15) is 11.1 Å². The second-order valence-corrected chi connectivity index (χ2v) is 9.60. The molecule has 0 N–H and O–H groups in total. The largest absolute Gasteiger partial charge is 0.416 e. The van der Waals surface area contributed by atoms with Gasteiger partial charge in [0.05, 0.1) is 24.7 Å². The second-order valence-electron chi connectivity index (χ2n) is 3.99. The van der Waals surface area contributed by atoms with Crippen molar-refractivity contribution in [2.75, 3.05) is 12.5 Å². The first-order valence-corrected chi connectivity index (χ1v) is 10.5. The number of halogens is 5. The Morgan fingerprint density at radius 2 is 1.59 bits per heavy atom. The molecular formula is C10H11BrClF3O5S2. The highest BCUT2D eigenvalue weighted by Crippen LogP contribution is 2.32. The van der Waals surface area contributed by atoms with E-state index in [1.165, 1.54) is 6.07 Å². The molecule has 0 fully saturated rings. The standard InChI is InChI=1S/C9H8BrF3O3S.CH3ClO2S/c1-17(14,15)16-5-6-2-7(9(11,12)13)4-8(10)3-6;1-5(2,3)4/h2-4H,5H2,1H3;1H3. The van der Waals surface area contributed by atoms with Crippen LogP contribution < -0.4 is 0 Å². The quantitative estimate of drug-likeness (QED) is 0.525. The van der Waals surface area contributed by atoms with Crippen molar-refractivity contribution in [2.45, 2.75) is 12.8 Å². The van der Waals surface area contributed by atoms with Crippen LogP contribution in [0.25, 0.3) is 0 Å². The van der Waals surface area contributed by atoms with Gasteiger partial charge >= 0.3 is 6.18 Å². The summed E-state index contributed by atoms with van der Waals surface area (Å²) in [6.45, 7) is -0.429. The van der Waals surface area contributed by atoms with E-state index in [-0.39, 0.29) is 10.0 Å². The van der Waals surface area contributed by atoms with Gasteiger partial charge in [-0.15, -0.1) is 0 Å². The SMILES string of the molecule is CS(=O)(=O)Cl.CS(=O)(=O)OCc1cc(Br)cc(C(F)(F)F)c1. The Kier molecular flexibility index (Phi) is 7.82. The Balaban J connectivity index is 0.000000763. The van der Waals surface area contributed by atoms with E-state index in [9.17, 15) is 30.0 Å². The minimum absolute atomic E-state index is 0.122. The summed E-state index contributed by atoms with van der Waals surface area (Å²) in [6.07, 6.45) is -2.73. The number of hydrogen-bond acceptors (Lipinski definition) is 5. The third-order valence-corrected chi connectivity index (χ3v) is 2.73. The van der Waals surface area contributed by atoms with Crippen LogP contribution in [0.15, 0.2) is 22.7 Å². The van der Waals surface area contributed by atoms with Crippen LogP contribution >= 0.6 is 26.6 Å². The molecule has 0 spiro atoms. The number of rotatable bonds is 3. The van der Waals surface area contributed by atoms with Crippen LogP contribution in [0.5, 0.6) is 0 Å². The van der Waals surface area contributed by atoms with Gasteiger partial charge in [0.25, 0.3) is 10.1 Å². The van der Waals surface area contributed by atoms with E-state index in [1.807, 2.05) is 0 Å². The lowest BCUT2D eigenvalue weighted by atomic mass is 10.1. The molecule has 12 heteroatoms. The van der Waals surface area contributed by atoms with Gasteiger partial charge < -0.3 is 0 Å². The number of alkyl halides is 3. The first-order valence-electron chi connectivity index (χ1n) is 5.18. The van der Waals surface area contributed by atoms with Gasteiger partial charge in [-0.25, -0.2) is 8.42 Å². The normalized spacial score (nSPS) is 12.5. The molecule has 0 aromatic heterocycles. The topological polar surface area (TPSA) is 77.5 Å². The van der Waals surface area contributed by atoms with Crippen molar-refractivity contribution in [3.05, 3.63) is 33.8 Å². The second kappa shape index (κ2) is 7.95. The Bertz CT molecular complexity index is 709. The van der Waals surface area contributed by atoms with Gasteiger partial charge in [-0.2, -0.15) is 21.6 Å². The van der Waals surface area contributed by atoms with E-state index in [0.29, 0.717) is 0 Å². The maximum Gasteiger partial charge on any atom is 0.416 e. The predicted octanol–water partition coefficient (Wildman–Crippen LogP) is 3.13. The van der Waals surface area contributed by atoms with Gasteiger partial charge in [0.2, 0.25) is 9.05 Å². The highest BCUT2D eigenvalue weighted by atomic mass is 79.9. The van der Waals surface area contributed by atoms with Crippen molar-refractivity contribution in [1.29, 1.82) is 0 Å². The molecule has 0 radical (unpaired) electrons. The Hall–Kier alpha value is -0.360. The third kappa shape index (κ3) is 12.2. The number of benzene rings is 1. The highest BCUT2D eigenvalue weighted by molar-refractivity contribution is 9.10. The van der Waals surface area contributed by atoms with Gasteiger partial charge in [0.15, 0.2) is 0 Å². The van der Waals surface area contributed by atoms with Crippen molar-refractivity contribution in [2.24, 2.45) is 0 Å². The zero-order valence-electron chi connectivity index (χ0n) is 11.2. The van der Waals surface area contributed by atoms with Crippen LogP contribution in [0, 0.1) is 0 Å². The summed E-state index contributed by atoms with van der Waals surface area (Å²) < 4.78 is 82.2. The molecule has 0 aliphatic heterocycles. The van der Waals surface area contributed by atoms with Gasteiger partial charge in [0, 0.05) is 15.2 Å². The molecule has 5 nitrogen and oxygen atoms in total. The monoisotopic (exact) mass is 446 g/mol. The molecule has 0 atom stereocenters. The lowest BCUT2D eigenvalue weighted by Crippen LogP contribution is -2.07. The van der Waals surface area contributed by atoms with Crippen LogP contribution in [0.4, 0.5) is 13.2 Å². The fourth-order valence-electron chi connectivity index (χ4n) is 1.07. The van der Waals surface area contributed by atoms with Crippen molar-refractivity contribution in [3.8, 4) is 0 Å². The molecular weight excluding hydrogens is 437 g/mol. The zero-order chi connectivity index (χ0) is 17.8. The first-order chi connectivity index (χ1) is 9.58. The zero-order valence-corrected chi connectivity index (χ0v) is 15.2. The minimum Gasteiger partial charge on any atom is -0.265 e. The summed E-state index contributed by atoms with van der Waals surface area (Å²) in [6, 6.07) is 3.11. The maximum atomic E-state index is 12.4. The fourth-order valence-corrected chi connectivity index (χ4v) is 1.96. The summed E-state index contributed by atoms with van der Waals surface area (Å²) in [5.41, 5.74) is -0.740. The average Bonchev–Trinajstić information content (AvgIpc) is 2.21. The van der Waals surface area contributed by atoms with Crippen molar-refractivity contribution in [1.82, 2.24) is 0 Å². The summed E-state index contributed by atoms with van der Waals surface area (Å²) in [4.78, 5) is 0. The number of hydrogen-bond donors (Lipinski definition) is 0. The molecule has 0 aliphatic rings. The van der Waals surface area contributed by atoms with Crippen molar-refractivity contribution in [3.63, 3.8) is 0 Å².